The molecule has 0 bridgehead atoms. The SMILES string of the molecule is O=C(Nc1ccc(S(=O)(=O)NCCCN2CCOCC2)cc1)c1ccccc1N1CCCC1=O. The van der Waals surface area contributed by atoms with Crippen LogP contribution < -0.4 is 14.9 Å². The van der Waals surface area contributed by atoms with E-state index in [0.717, 1.165) is 39.3 Å². The van der Waals surface area contributed by atoms with E-state index in [2.05, 4.69) is 14.9 Å². The van der Waals surface area contributed by atoms with Crippen molar-refractivity contribution in [2.75, 3.05) is 56.2 Å². The lowest BCUT2D eigenvalue weighted by Gasteiger charge is -2.26. The number of para-hydroxylation sites is 1. The number of nitrogens with zero attached hydrogens (tertiary/aromatic N) is 2. The molecule has 0 aromatic heterocycles. The van der Waals surface area contributed by atoms with Crippen LogP contribution in [0.15, 0.2) is 53.4 Å². The second kappa shape index (κ2) is 11.1. The third-order valence-electron chi connectivity index (χ3n) is 5.98. The van der Waals surface area contributed by atoms with E-state index in [1.165, 1.54) is 12.1 Å². The van der Waals surface area contributed by atoms with Gasteiger partial charge in [-0.3, -0.25) is 14.5 Å². The quantitative estimate of drug-likeness (QED) is 0.526. The maximum Gasteiger partial charge on any atom is 0.257 e. The van der Waals surface area contributed by atoms with Crippen molar-refractivity contribution in [3.8, 4) is 0 Å². The highest BCUT2D eigenvalue weighted by Crippen LogP contribution is 2.26. The van der Waals surface area contributed by atoms with E-state index in [4.69, 9.17) is 4.74 Å². The Morgan fingerprint density at radius 1 is 1.00 bits per heavy atom. The molecule has 0 saturated carbocycles. The van der Waals surface area contributed by atoms with Crippen LogP contribution in [0.2, 0.25) is 0 Å². The van der Waals surface area contributed by atoms with Crippen LogP contribution >= 0.6 is 0 Å². The summed E-state index contributed by atoms with van der Waals surface area (Å²) in [5, 5.41) is 2.80. The highest BCUT2D eigenvalue weighted by Gasteiger charge is 2.25. The summed E-state index contributed by atoms with van der Waals surface area (Å²) in [6.45, 7) is 4.95. The van der Waals surface area contributed by atoms with E-state index < -0.39 is 10.0 Å². The smallest absolute Gasteiger partial charge is 0.257 e. The van der Waals surface area contributed by atoms with Crippen molar-refractivity contribution in [2.45, 2.75) is 24.2 Å². The minimum absolute atomic E-state index is 0.00672. The molecular formula is C24H30N4O5S. The molecule has 182 valence electrons. The van der Waals surface area contributed by atoms with Crippen molar-refractivity contribution in [3.05, 3.63) is 54.1 Å². The van der Waals surface area contributed by atoms with Gasteiger partial charge in [0.1, 0.15) is 0 Å². The fourth-order valence-corrected chi connectivity index (χ4v) is 5.21. The fourth-order valence-electron chi connectivity index (χ4n) is 4.14. The number of hydrogen-bond donors (Lipinski definition) is 2. The van der Waals surface area contributed by atoms with Crippen LogP contribution in [0.1, 0.15) is 29.6 Å². The van der Waals surface area contributed by atoms with Gasteiger partial charge in [-0.15, -0.1) is 0 Å². The van der Waals surface area contributed by atoms with Crippen LogP contribution in [0.25, 0.3) is 0 Å². The average molecular weight is 487 g/mol. The topological polar surface area (TPSA) is 108 Å². The molecule has 0 unspecified atom stereocenters. The Morgan fingerprint density at radius 3 is 2.44 bits per heavy atom. The van der Waals surface area contributed by atoms with Gasteiger partial charge in [0, 0.05) is 38.3 Å². The van der Waals surface area contributed by atoms with Crippen molar-refractivity contribution >= 4 is 33.2 Å². The van der Waals surface area contributed by atoms with Gasteiger partial charge in [-0.25, -0.2) is 13.1 Å². The van der Waals surface area contributed by atoms with Gasteiger partial charge >= 0.3 is 0 Å². The number of rotatable bonds is 9. The van der Waals surface area contributed by atoms with E-state index in [1.54, 1.807) is 41.3 Å². The summed E-state index contributed by atoms with van der Waals surface area (Å²) < 4.78 is 33.1. The normalized spacial score (nSPS) is 17.2. The second-order valence-electron chi connectivity index (χ2n) is 8.35. The van der Waals surface area contributed by atoms with Gasteiger partial charge in [0.25, 0.3) is 5.91 Å². The minimum atomic E-state index is -3.63. The number of morpholine rings is 1. The molecule has 2 fully saturated rings. The third-order valence-corrected chi connectivity index (χ3v) is 7.46. The van der Waals surface area contributed by atoms with Crippen molar-refractivity contribution in [1.82, 2.24) is 9.62 Å². The zero-order chi connectivity index (χ0) is 24.0. The number of carbonyl (C=O) groups excluding carboxylic acids is 2. The predicted molar refractivity (Wildman–Crippen MR) is 129 cm³/mol. The number of sulfonamides is 1. The van der Waals surface area contributed by atoms with Gasteiger partial charge in [-0.2, -0.15) is 0 Å². The lowest BCUT2D eigenvalue weighted by atomic mass is 10.1. The van der Waals surface area contributed by atoms with Gasteiger partial charge in [0.05, 0.1) is 29.4 Å². The Bertz CT molecular complexity index is 1110. The van der Waals surface area contributed by atoms with Gasteiger partial charge in [0.2, 0.25) is 15.9 Å². The van der Waals surface area contributed by atoms with E-state index in [-0.39, 0.29) is 16.7 Å². The molecule has 2 heterocycles. The summed E-state index contributed by atoms with van der Waals surface area (Å²) in [5.74, 6) is -0.348. The molecule has 0 radical (unpaired) electrons. The Labute approximate surface area is 200 Å². The van der Waals surface area contributed by atoms with Crippen molar-refractivity contribution in [3.63, 3.8) is 0 Å². The first-order chi connectivity index (χ1) is 16.4. The van der Waals surface area contributed by atoms with Gasteiger partial charge in [-0.1, -0.05) is 12.1 Å². The zero-order valence-corrected chi connectivity index (χ0v) is 19.9. The lowest BCUT2D eigenvalue weighted by molar-refractivity contribution is -0.117. The highest BCUT2D eigenvalue weighted by atomic mass is 32.2. The molecule has 2 N–H and O–H groups in total. The maximum absolute atomic E-state index is 12.9. The molecule has 2 saturated heterocycles. The highest BCUT2D eigenvalue weighted by molar-refractivity contribution is 7.89. The first kappa shape index (κ1) is 24.3. The number of benzene rings is 2. The predicted octanol–water partition coefficient (Wildman–Crippen LogP) is 2.07. The number of ether oxygens (including phenoxy) is 1. The molecule has 0 spiro atoms. The summed E-state index contributed by atoms with van der Waals surface area (Å²) in [4.78, 5) is 29.1. The first-order valence-corrected chi connectivity index (χ1v) is 13.0. The largest absolute Gasteiger partial charge is 0.379 e. The van der Waals surface area contributed by atoms with Gasteiger partial charge < -0.3 is 15.0 Å². The van der Waals surface area contributed by atoms with Crippen molar-refractivity contribution < 1.29 is 22.7 Å². The van der Waals surface area contributed by atoms with Crippen molar-refractivity contribution in [1.29, 1.82) is 0 Å². The number of anilines is 2. The van der Waals surface area contributed by atoms with E-state index in [1.807, 2.05) is 0 Å². The van der Waals surface area contributed by atoms with Crippen LogP contribution in [0.5, 0.6) is 0 Å². The molecule has 2 aromatic carbocycles. The summed E-state index contributed by atoms with van der Waals surface area (Å²) in [7, 11) is -3.63. The Morgan fingerprint density at radius 2 is 1.74 bits per heavy atom. The van der Waals surface area contributed by atoms with Crippen molar-refractivity contribution in [2.24, 2.45) is 0 Å². The summed E-state index contributed by atoms with van der Waals surface area (Å²) in [6.07, 6.45) is 1.96. The Hall–Kier alpha value is -2.79. The molecular weight excluding hydrogens is 456 g/mol. The summed E-state index contributed by atoms with van der Waals surface area (Å²) >= 11 is 0. The first-order valence-electron chi connectivity index (χ1n) is 11.5. The number of carbonyl (C=O) groups is 2. The van der Waals surface area contributed by atoms with Crippen LogP contribution in [0.4, 0.5) is 11.4 Å². The van der Waals surface area contributed by atoms with Gasteiger partial charge in [-0.05, 0) is 55.8 Å². The second-order valence-corrected chi connectivity index (χ2v) is 10.1. The molecule has 34 heavy (non-hydrogen) atoms. The third kappa shape index (κ3) is 6.01. The van der Waals surface area contributed by atoms with E-state index >= 15 is 0 Å². The zero-order valence-electron chi connectivity index (χ0n) is 19.0. The molecule has 2 amide bonds. The van der Waals surface area contributed by atoms with E-state index in [0.29, 0.717) is 42.9 Å². The maximum atomic E-state index is 12.9. The molecule has 4 rings (SSSR count). The van der Waals surface area contributed by atoms with Crippen LogP contribution in [-0.4, -0.2) is 71.1 Å². The molecule has 10 heteroatoms. The molecule has 2 aromatic rings. The summed E-state index contributed by atoms with van der Waals surface area (Å²) in [5.41, 5.74) is 1.46. The molecule has 9 nitrogen and oxygen atoms in total. The van der Waals surface area contributed by atoms with Crippen LogP contribution in [0.3, 0.4) is 0 Å². The lowest BCUT2D eigenvalue weighted by Crippen LogP contribution is -2.38. The molecule has 2 aliphatic heterocycles. The Balaban J connectivity index is 1.33. The number of nitrogens with one attached hydrogen (secondary N) is 2. The van der Waals surface area contributed by atoms with Gasteiger partial charge in [0.15, 0.2) is 0 Å². The standard InChI is InChI=1S/C24H30N4O5S/c29-23-7-3-14-28(23)22-6-2-1-5-21(22)24(30)26-19-8-10-20(11-9-19)34(31,32)25-12-4-13-27-15-17-33-18-16-27/h1-2,5-6,8-11,25H,3-4,7,12-18H2,(H,26,30). The molecule has 0 aliphatic carbocycles. The average Bonchev–Trinajstić information content (AvgIpc) is 3.28. The molecule has 2 aliphatic rings. The van der Waals surface area contributed by atoms with Crippen LogP contribution in [0, 0.1) is 0 Å². The summed E-state index contributed by atoms with van der Waals surface area (Å²) in [6, 6.07) is 13.0. The number of hydrogen-bond acceptors (Lipinski definition) is 6. The fraction of sp³-hybridized carbons (Fsp3) is 0.417. The Kier molecular flexibility index (Phi) is 7.94. The van der Waals surface area contributed by atoms with E-state index in [9.17, 15) is 18.0 Å². The molecule has 0 atom stereocenters. The number of amides is 2. The monoisotopic (exact) mass is 486 g/mol. The minimum Gasteiger partial charge on any atom is -0.379 e. The van der Waals surface area contributed by atoms with Crippen LogP contribution in [-0.2, 0) is 19.6 Å².